The molecule has 0 aliphatic rings. The lowest BCUT2D eigenvalue weighted by Crippen LogP contribution is -2.15. The highest BCUT2D eigenvalue weighted by Gasteiger charge is 2.14. The topological polar surface area (TPSA) is 68.5 Å². The zero-order chi connectivity index (χ0) is 18.0. The third kappa shape index (κ3) is 3.52. The van der Waals surface area contributed by atoms with Crippen LogP contribution < -0.4 is 15.7 Å². The monoisotopic (exact) mass is 341 g/mol. The van der Waals surface area contributed by atoms with Gasteiger partial charge in [0.1, 0.15) is 17.1 Å². The fraction of sp³-hybridized carbons (Fsp3) is 0.158. The van der Waals surface area contributed by atoms with Gasteiger partial charge in [0.2, 0.25) is 0 Å². The van der Waals surface area contributed by atoms with Gasteiger partial charge in [-0.25, -0.2) is 9.18 Å². The molecule has 25 heavy (non-hydrogen) atoms. The summed E-state index contributed by atoms with van der Waals surface area (Å²) < 4.78 is 24.2. The molecule has 0 fully saturated rings. The van der Waals surface area contributed by atoms with Crippen LogP contribution in [0.25, 0.3) is 11.0 Å². The Hall–Kier alpha value is -3.15. The molecule has 2 aromatic carbocycles. The fourth-order valence-corrected chi connectivity index (χ4v) is 2.46. The summed E-state index contributed by atoms with van der Waals surface area (Å²) in [6.45, 7) is 3.94. The summed E-state index contributed by atoms with van der Waals surface area (Å²) in [5, 5.41) is 3.06. The van der Waals surface area contributed by atoms with Crippen LogP contribution in [-0.4, -0.2) is 12.5 Å². The second-order valence-electron chi connectivity index (χ2n) is 5.49. The van der Waals surface area contributed by atoms with Gasteiger partial charge in [0, 0.05) is 23.2 Å². The first kappa shape index (κ1) is 16.7. The molecule has 0 bridgehead atoms. The van der Waals surface area contributed by atoms with E-state index < -0.39 is 17.3 Å². The summed E-state index contributed by atoms with van der Waals surface area (Å²) in [6.07, 6.45) is 0. The van der Waals surface area contributed by atoms with E-state index in [1.54, 1.807) is 37.3 Å². The first-order valence-corrected chi connectivity index (χ1v) is 7.76. The second-order valence-corrected chi connectivity index (χ2v) is 5.49. The van der Waals surface area contributed by atoms with Crippen molar-refractivity contribution in [3.05, 3.63) is 69.8 Å². The van der Waals surface area contributed by atoms with Gasteiger partial charge in [-0.2, -0.15) is 0 Å². The van der Waals surface area contributed by atoms with Gasteiger partial charge in [-0.05, 0) is 43.7 Å². The zero-order valence-corrected chi connectivity index (χ0v) is 13.8. The molecule has 5 nitrogen and oxygen atoms in total. The Labute approximate surface area is 143 Å². The van der Waals surface area contributed by atoms with E-state index in [1.807, 2.05) is 6.92 Å². The highest BCUT2D eigenvalue weighted by molar-refractivity contribution is 6.12. The van der Waals surface area contributed by atoms with Gasteiger partial charge in [-0.15, -0.1) is 0 Å². The average Bonchev–Trinajstić information content (AvgIpc) is 2.57. The van der Waals surface area contributed by atoms with E-state index in [9.17, 15) is 14.0 Å². The summed E-state index contributed by atoms with van der Waals surface area (Å²) >= 11 is 0. The quantitative estimate of drug-likeness (QED) is 0.731. The summed E-state index contributed by atoms with van der Waals surface area (Å²) in [6, 6.07) is 10.4. The van der Waals surface area contributed by atoms with E-state index in [0.29, 0.717) is 29.0 Å². The van der Waals surface area contributed by atoms with Crippen molar-refractivity contribution >= 4 is 22.6 Å². The molecule has 0 radical (unpaired) electrons. The third-order valence-corrected chi connectivity index (χ3v) is 3.70. The first-order chi connectivity index (χ1) is 12.0. The molecule has 128 valence electrons. The number of benzene rings is 2. The van der Waals surface area contributed by atoms with Crippen molar-refractivity contribution in [2.45, 2.75) is 13.8 Å². The van der Waals surface area contributed by atoms with Crippen molar-refractivity contribution in [3.63, 3.8) is 0 Å². The van der Waals surface area contributed by atoms with E-state index in [4.69, 9.17) is 9.15 Å². The van der Waals surface area contributed by atoms with Crippen molar-refractivity contribution in [1.82, 2.24) is 0 Å². The Kier molecular flexibility index (Phi) is 4.52. The number of ether oxygens (including phenoxy) is 1. The van der Waals surface area contributed by atoms with Gasteiger partial charge in [0.15, 0.2) is 0 Å². The van der Waals surface area contributed by atoms with Crippen LogP contribution in [0.2, 0.25) is 0 Å². The van der Waals surface area contributed by atoms with Crippen LogP contribution in [0.1, 0.15) is 22.8 Å². The van der Waals surface area contributed by atoms with E-state index in [-0.39, 0.29) is 11.1 Å². The summed E-state index contributed by atoms with van der Waals surface area (Å²) in [7, 11) is 0. The van der Waals surface area contributed by atoms with Gasteiger partial charge in [-0.1, -0.05) is 6.07 Å². The smallest absolute Gasteiger partial charge is 0.337 e. The molecule has 0 saturated carbocycles. The van der Waals surface area contributed by atoms with Crippen molar-refractivity contribution in [1.29, 1.82) is 0 Å². The van der Waals surface area contributed by atoms with Crippen LogP contribution in [0.15, 0.2) is 51.7 Å². The van der Waals surface area contributed by atoms with Gasteiger partial charge in [0.05, 0.1) is 12.2 Å². The predicted molar refractivity (Wildman–Crippen MR) is 92.7 cm³/mol. The Morgan fingerprint density at radius 3 is 2.72 bits per heavy atom. The van der Waals surface area contributed by atoms with E-state index >= 15 is 0 Å². The highest BCUT2D eigenvalue weighted by Crippen LogP contribution is 2.24. The van der Waals surface area contributed by atoms with Gasteiger partial charge < -0.3 is 14.5 Å². The fourth-order valence-electron chi connectivity index (χ4n) is 2.46. The number of amides is 1. The predicted octanol–water partition coefficient (Wildman–Crippen LogP) is 3.89. The second kappa shape index (κ2) is 6.76. The number of fused-ring (bicyclic) bond motifs is 1. The molecule has 3 rings (SSSR count). The molecule has 6 heteroatoms. The lowest BCUT2D eigenvalue weighted by Gasteiger charge is -2.09. The first-order valence-electron chi connectivity index (χ1n) is 7.76. The van der Waals surface area contributed by atoms with Crippen molar-refractivity contribution < 1.29 is 18.3 Å². The minimum atomic E-state index is -0.651. The lowest BCUT2D eigenvalue weighted by atomic mass is 10.1. The van der Waals surface area contributed by atoms with Crippen LogP contribution in [0.5, 0.6) is 5.75 Å². The number of hydrogen-bond acceptors (Lipinski definition) is 4. The molecule has 3 aromatic rings. The SMILES string of the molecule is CCOc1ccc2c(C(=O)Nc3ccc(C)c(F)c3)cc(=O)oc2c1. The number of halogens is 1. The Balaban J connectivity index is 2.00. The molecule has 0 unspecified atom stereocenters. The average molecular weight is 341 g/mol. The molecule has 1 heterocycles. The van der Waals surface area contributed by atoms with Crippen LogP contribution in [0.3, 0.4) is 0 Å². The van der Waals surface area contributed by atoms with Crippen LogP contribution in [0.4, 0.5) is 10.1 Å². The van der Waals surface area contributed by atoms with Gasteiger partial charge >= 0.3 is 5.63 Å². The molecule has 1 aromatic heterocycles. The number of nitrogens with one attached hydrogen (secondary N) is 1. The summed E-state index contributed by atoms with van der Waals surface area (Å²) in [5.41, 5.74) is 0.531. The Bertz CT molecular complexity index is 1010. The standard InChI is InChI=1S/C19H16FNO4/c1-3-24-13-6-7-14-15(10-18(22)25-17(14)9-13)19(23)21-12-5-4-11(2)16(20)8-12/h4-10H,3H2,1-2H3,(H,21,23). The van der Waals surface area contributed by atoms with Crippen LogP contribution in [0, 0.1) is 12.7 Å². The molecular weight excluding hydrogens is 325 g/mol. The van der Waals surface area contributed by atoms with E-state index in [1.165, 1.54) is 6.07 Å². The maximum absolute atomic E-state index is 13.6. The molecule has 0 spiro atoms. The van der Waals surface area contributed by atoms with Crippen molar-refractivity contribution in [2.24, 2.45) is 0 Å². The Morgan fingerprint density at radius 1 is 1.20 bits per heavy atom. The summed E-state index contributed by atoms with van der Waals surface area (Å²) in [4.78, 5) is 24.3. The van der Waals surface area contributed by atoms with Gasteiger partial charge in [0.25, 0.3) is 5.91 Å². The molecule has 0 aliphatic carbocycles. The van der Waals surface area contributed by atoms with Crippen LogP contribution >= 0.6 is 0 Å². The number of hydrogen-bond donors (Lipinski definition) is 1. The number of aryl methyl sites for hydroxylation is 1. The Morgan fingerprint density at radius 2 is 2.00 bits per heavy atom. The molecule has 1 amide bonds. The highest BCUT2D eigenvalue weighted by atomic mass is 19.1. The molecule has 0 atom stereocenters. The molecule has 0 aliphatic heterocycles. The largest absolute Gasteiger partial charge is 0.494 e. The van der Waals surface area contributed by atoms with E-state index in [0.717, 1.165) is 6.07 Å². The number of anilines is 1. The zero-order valence-electron chi connectivity index (χ0n) is 13.8. The normalized spacial score (nSPS) is 10.7. The maximum Gasteiger partial charge on any atom is 0.337 e. The summed E-state index contributed by atoms with van der Waals surface area (Å²) in [5.74, 6) is -0.404. The van der Waals surface area contributed by atoms with Gasteiger partial charge in [-0.3, -0.25) is 4.79 Å². The van der Waals surface area contributed by atoms with Crippen molar-refractivity contribution in [2.75, 3.05) is 11.9 Å². The number of rotatable bonds is 4. The van der Waals surface area contributed by atoms with Crippen LogP contribution in [-0.2, 0) is 0 Å². The molecule has 0 saturated heterocycles. The third-order valence-electron chi connectivity index (χ3n) is 3.70. The maximum atomic E-state index is 13.6. The van der Waals surface area contributed by atoms with E-state index in [2.05, 4.69) is 5.32 Å². The van der Waals surface area contributed by atoms with Crippen molar-refractivity contribution in [3.8, 4) is 5.75 Å². The lowest BCUT2D eigenvalue weighted by molar-refractivity contribution is 0.102. The number of carbonyl (C=O) groups is 1. The minimum absolute atomic E-state index is 0.148. The number of carbonyl (C=O) groups excluding carboxylic acids is 1. The molecule has 1 N–H and O–H groups in total. The molecular formula is C19H16FNO4. The minimum Gasteiger partial charge on any atom is -0.494 e.